The van der Waals surface area contributed by atoms with Crippen LogP contribution in [0.4, 0.5) is 0 Å². The van der Waals surface area contributed by atoms with Gasteiger partial charge in [-0.15, -0.1) is 5.10 Å². The lowest BCUT2D eigenvalue weighted by molar-refractivity contribution is -0.0669. The smallest absolute Gasteiger partial charge is 0.0930 e. The van der Waals surface area contributed by atoms with E-state index in [0.717, 1.165) is 31.7 Å². The molecule has 0 aromatic carbocycles. The predicted octanol–water partition coefficient (Wildman–Crippen LogP) is 1.40. The summed E-state index contributed by atoms with van der Waals surface area (Å²) in [5.41, 5.74) is 2.35. The lowest BCUT2D eigenvalue weighted by atomic mass is 10.00. The first-order chi connectivity index (χ1) is 10.7. The van der Waals surface area contributed by atoms with Gasteiger partial charge < -0.3 is 4.74 Å². The molecule has 2 aliphatic heterocycles. The summed E-state index contributed by atoms with van der Waals surface area (Å²) in [5, 5.41) is 12.7. The molecule has 0 amide bonds. The molecule has 0 unspecified atom stereocenters. The van der Waals surface area contributed by atoms with E-state index in [-0.39, 0.29) is 12.1 Å². The minimum absolute atomic E-state index is 0.267. The quantitative estimate of drug-likeness (QED) is 0.858. The molecular formula is C15H22N6O. The van der Waals surface area contributed by atoms with Crippen LogP contribution < -0.4 is 0 Å². The molecule has 0 radical (unpaired) electrons. The summed E-state index contributed by atoms with van der Waals surface area (Å²) in [6, 6.07) is 0.684. The minimum atomic E-state index is 0.267. The summed E-state index contributed by atoms with van der Waals surface area (Å²) >= 11 is 0. The molecule has 22 heavy (non-hydrogen) atoms. The van der Waals surface area contributed by atoms with E-state index < -0.39 is 0 Å². The molecule has 2 aliphatic rings. The van der Waals surface area contributed by atoms with Crippen LogP contribution in [0.15, 0.2) is 18.6 Å². The van der Waals surface area contributed by atoms with Gasteiger partial charge in [0.25, 0.3) is 0 Å². The fourth-order valence-electron chi connectivity index (χ4n) is 3.39. The van der Waals surface area contributed by atoms with Crippen molar-refractivity contribution in [1.82, 2.24) is 29.7 Å². The van der Waals surface area contributed by atoms with Crippen LogP contribution in [-0.2, 0) is 17.9 Å². The maximum absolute atomic E-state index is 5.96. The molecule has 0 spiro atoms. The van der Waals surface area contributed by atoms with Crippen LogP contribution in [-0.4, -0.2) is 48.9 Å². The zero-order valence-corrected chi connectivity index (χ0v) is 13.1. The molecule has 0 aliphatic carbocycles. The molecule has 118 valence electrons. The Labute approximate surface area is 129 Å². The highest BCUT2D eigenvalue weighted by atomic mass is 16.5. The Balaban J connectivity index is 1.47. The Kier molecular flexibility index (Phi) is 3.46. The third kappa shape index (κ3) is 2.44. The van der Waals surface area contributed by atoms with Gasteiger partial charge in [-0.1, -0.05) is 5.21 Å². The van der Waals surface area contributed by atoms with Crippen LogP contribution in [0.2, 0.25) is 0 Å². The average Bonchev–Trinajstić information content (AvgIpc) is 3.15. The van der Waals surface area contributed by atoms with E-state index in [1.54, 1.807) is 0 Å². The van der Waals surface area contributed by atoms with Crippen molar-refractivity contribution < 1.29 is 4.74 Å². The van der Waals surface area contributed by atoms with Crippen molar-refractivity contribution in [3.8, 4) is 0 Å². The van der Waals surface area contributed by atoms with E-state index in [4.69, 9.17) is 4.74 Å². The minimum Gasteiger partial charge on any atom is -0.370 e. The number of nitrogens with zero attached hydrogens (tertiary/aromatic N) is 6. The van der Waals surface area contributed by atoms with Crippen molar-refractivity contribution in [3.63, 3.8) is 0 Å². The monoisotopic (exact) mass is 302 g/mol. The summed E-state index contributed by atoms with van der Waals surface area (Å²) in [4.78, 5) is 2.46. The summed E-state index contributed by atoms with van der Waals surface area (Å²) in [7, 11) is 0. The van der Waals surface area contributed by atoms with E-state index in [1.807, 2.05) is 17.1 Å². The van der Waals surface area contributed by atoms with Gasteiger partial charge in [0, 0.05) is 37.4 Å². The van der Waals surface area contributed by atoms with Crippen molar-refractivity contribution in [2.24, 2.45) is 0 Å². The standard InChI is InChI=1S/C15H22N6O/c1-11(2)20-8-12(5-17-20)7-19-4-3-15-14(9-19)21-13(10-22-15)6-16-18-21/h5-6,8,11,14-15H,3-4,7,9-10H2,1-2H3/t14-,15+/m0/s1. The van der Waals surface area contributed by atoms with Gasteiger partial charge in [-0.2, -0.15) is 5.10 Å². The van der Waals surface area contributed by atoms with Crippen molar-refractivity contribution in [2.75, 3.05) is 13.1 Å². The molecule has 7 nitrogen and oxygen atoms in total. The number of hydrogen-bond acceptors (Lipinski definition) is 5. The SMILES string of the molecule is CC(C)n1cc(CN2CC[C@H]3OCc4cnnn4[C@H]3C2)cn1. The highest BCUT2D eigenvalue weighted by Gasteiger charge is 2.36. The van der Waals surface area contributed by atoms with Gasteiger partial charge >= 0.3 is 0 Å². The normalized spacial score (nSPS) is 25.2. The zero-order chi connectivity index (χ0) is 15.1. The lowest BCUT2D eigenvalue weighted by Gasteiger charge is -2.40. The molecule has 7 heteroatoms. The highest BCUT2D eigenvalue weighted by molar-refractivity contribution is 5.06. The first-order valence-corrected chi connectivity index (χ1v) is 7.97. The predicted molar refractivity (Wildman–Crippen MR) is 80.1 cm³/mol. The van der Waals surface area contributed by atoms with Crippen molar-refractivity contribution in [1.29, 1.82) is 0 Å². The van der Waals surface area contributed by atoms with Gasteiger partial charge in [-0.05, 0) is 20.3 Å². The van der Waals surface area contributed by atoms with E-state index in [2.05, 4.69) is 45.0 Å². The fraction of sp³-hybridized carbons (Fsp3) is 0.667. The topological polar surface area (TPSA) is 61.0 Å². The van der Waals surface area contributed by atoms with Crippen LogP contribution in [0.25, 0.3) is 0 Å². The van der Waals surface area contributed by atoms with E-state index in [9.17, 15) is 0 Å². The molecule has 2 atom stereocenters. The Morgan fingerprint density at radius 3 is 3.09 bits per heavy atom. The molecule has 0 N–H and O–H groups in total. The van der Waals surface area contributed by atoms with E-state index >= 15 is 0 Å². The lowest BCUT2D eigenvalue weighted by Crippen LogP contribution is -2.47. The Hall–Kier alpha value is -1.73. The largest absolute Gasteiger partial charge is 0.370 e. The number of hydrogen-bond donors (Lipinski definition) is 0. The highest BCUT2D eigenvalue weighted by Crippen LogP contribution is 2.30. The van der Waals surface area contributed by atoms with Crippen molar-refractivity contribution >= 4 is 0 Å². The second-order valence-corrected chi connectivity index (χ2v) is 6.53. The Bertz CT molecular complexity index is 648. The van der Waals surface area contributed by atoms with Gasteiger partial charge in [0.15, 0.2) is 0 Å². The van der Waals surface area contributed by atoms with E-state index in [1.165, 1.54) is 5.56 Å². The molecule has 2 aromatic heterocycles. The molecule has 4 heterocycles. The maximum atomic E-state index is 5.96. The van der Waals surface area contributed by atoms with Gasteiger partial charge in [-0.25, -0.2) is 4.68 Å². The third-order valence-electron chi connectivity index (χ3n) is 4.60. The van der Waals surface area contributed by atoms with Crippen LogP contribution in [0.5, 0.6) is 0 Å². The number of rotatable bonds is 3. The molecular weight excluding hydrogens is 280 g/mol. The van der Waals surface area contributed by atoms with Crippen molar-refractivity contribution in [2.45, 2.75) is 51.6 Å². The molecule has 0 saturated carbocycles. The van der Waals surface area contributed by atoms with Crippen LogP contribution in [0, 0.1) is 0 Å². The van der Waals surface area contributed by atoms with Gasteiger partial charge in [0.05, 0.1) is 36.8 Å². The molecule has 4 rings (SSSR count). The molecule has 1 fully saturated rings. The first-order valence-electron chi connectivity index (χ1n) is 7.97. The fourth-order valence-corrected chi connectivity index (χ4v) is 3.39. The maximum Gasteiger partial charge on any atom is 0.0930 e. The van der Waals surface area contributed by atoms with Crippen LogP contribution in [0.1, 0.15) is 43.6 Å². The summed E-state index contributed by atoms with van der Waals surface area (Å²) in [6.45, 7) is 7.86. The van der Waals surface area contributed by atoms with Crippen LogP contribution in [0.3, 0.4) is 0 Å². The average molecular weight is 302 g/mol. The number of likely N-dealkylation sites (tertiary alicyclic amines) is 1. The molecule has 0 bridgehead atoms. The van der Waals surface area contributed by atoms with Crippen LogP contribution >= 0.6 is 0 Å². The summed E-state index contributed by atoms with van der Waals surface area (Å²) in [5.74, 6) is 0. The third-order valence-corrected chi connectivity index (χ3v) is 4.60. The van der Waals surface area contributed by atoms with Crippen molar-refractivity contribution in [3.05, 3.63) is 29.8 Å². The van der Waals surface area contributed by atoms with Gasteiger partial charge in [-0.3, -0.25) is 9.58 Å². The second-order valence-electron chi connectivity index (χ2n) is 6.53. The molecule has 2 aromatic rings. The number of piperidine rings is 1. The first kappa shape index (κ1) is 13.9. The Morgan fingerprint density at radius 2 is 2.27 bits per heavy atom. The number of fused-ring (bicyclic) bond motifs is 3. The van der Waals surface area contributed by atoms with Gasteiger partial charge in [0.1, 0.15) is 0 Å². The number of ether oxygens (including phenoxy) is 1. The number of aromatic nitrogens is 5. The van der Waals surface area contributed by atoms with E-state index in [0.29, 0.717) is 12.6 Å². The molecule has 1 saturated heterocycles. The van der Waals surface area contributed by atoms with Gasteiger partial charge in [0.2, 0.25) is 0 Å². The summed E-state index contributed by atoms with van der Waals surface area (Å²) < 4.78 is 10.0. The zero-order valence-electron chi connectivity index (χ0n) is 13.1. The Morgan fingerprint density at radius 1 is 1.36 bits per heavy atom. The second kappa shape index (κ2) is 5.48. The summed E-state index contributed by atoms with van der Waals surface area (Å²) in [6.07, 6.45) is 7.24.